The lowest BCUT2D eigenvalue weighted by atomic mass is 9.70. The molecule has 1 atom stereocenters. The van der Waals surface area contributed by atoms with Crippen LogP contribution in [0.15, 0.2) is 42.5 Å². The Bertz CT molecular complexity index is 1250. The van der Waals surface area contributed by atoms with Gasteiger partial charge in [0.05, 0.1) is 0 Å². The molecule has 2 aromatic rings. The number of halogens is 6. The van der Waals surface area contributed by atoms with Crippen molar-refractivity contribution in [3.63, 3.8) is 0 Å². The van der Waals surface area contributed by atoms with E-state index >= 15 is 0 Å². The highest BCUT2D eigenvalue weighted by Crippen LogP contribution is 2.47. The molecule has 5 nitrogen and oxygen atoms in total. The summed E-state index contributed by atoms with van der Waals surface area (Å²) >= 11 is 0. The Morgan fingerprint density at radius 2 is 1.52 bits per heavy atom. The summed E-state index contributed by atoms with van der Waals surface area (Å²) in [6, 6.07) is 10.9. The smallest absolute Gasteiger partial charge is 0.430 e. The molecule has 0 radical (unpaired) electrons. The number of hydrogen-bond donors (Lipinski definition) is 0. The van der Waals surface area contributed by atoms with E-state index in [1.807, 2.05) is 39.0 Å². The van der Waals surface area contributed by atoms with Crippen LogP contribution in [0.4, 0.5) is 26.3 Å². The summed E-state index contributed by atoms with van der Waals surface area (Å²) in [4.78, 5) is 11.3. The maximum atomic E-state index is 13.7. The van der Waals surface area contributed by atoms with Gasteiger partial charge in [0, 0.05) is 18.9 Å². The Morgan fingerprint density at radius 3 is 2.00 bits per heavy atom. The topological polar surface area (TPSA) is 54.0 Å². The highest BCUT2D eigenvalue weighted by atomic mass is 19.4. The van der Waals surface area contributed by atoms with Crippen molar-refractivity contribution < 1.29 is 50.1 Å². The van der Waals surface area contributed by atoms with Crippen LogP contribution in [-0.2, 0) is 24.4 Å². The predicted octanol–water partition coefficient (Wildman–Crippen LogP) is 7.99. The first-order valence-electron chi connectivity index (χ1n) is 13.6. The molecular weight excluding hydrogens is 566 g/mol. The Morgan fingerprint density at radius 1 is 0.929 bits per heavy atom. The molecule has 3 rings (SSSR count). The first kappa shape index (κ1) is 33.5. The number of hydrogen-bond acceptors (Lipinski definition) is 5. The molecule has 1 fully saturated rings. The summed E-state index contributed by atoms with van der Waals surface area (Å²) in [5, 5.41) is 0. The number of carbonyl (C=O) groups excluding carboxylic acids is 1. The van der Waals surface area contributed by atoms with Crippen LogP contribution in [0.25, 0.3) is 6.08 Å². The normalized spacial score (nSPS) is 16.7. The molecule has 0 amide bonds. The molecule has 1 aliphatic heterocycles. The van der Waals surface area contributed by atoms with Gasteiger partial charge >= 0.3 is 18.3 Å². The van der Waals surface area contributed by atoms with Crippen LogP contribution in [-0.4, -0.2) is 50.5 Å². The highest BCUT2D eigenvalue weighted by molar-refractivity contribution is 5.71. The van der Waals surface area contributed by atoms with Gasteiger partial charge in [0.15, 0.2) is 0 Å². The van der Waals surface area contributed by atoms with Crippen LogP contribution >= 0.6 is 0 Å². The zero-order valence-electron chi connectivity index (χ0n) is 24.2. The van der Waals surface area contributed by atoms with Gasteiger partial charge in [-0.3, -0.25) is 4.79 Å². The molecule has 0 aromatic heterocycles. The summed E-state index contributed by atoms with van der Waals surface area (Å²) in [6.07, 6.45) is -8.68. The van der Waals surface area contributed by atoms with Crippen LogP contribution in [0.5, 0.6) is 5.75 Å². The molecule has 1 heterocycles. The zero-order chi connectivity index (χ0) is 31.3. The first-order valence-corrected chi connectivity index (χ1v) is 13.6. The summed E-state index contributed by atoms with van der Waals surface area (Å²) in [5.74, 6) is 0.426. The van der Waals surface area contributed by atoms with Gasteiger partial charge in [0.1, 0.15) is 25.3 Å². The third-order valence-electron chi connectivity index (χ3n) is 7.89. The number of aryl methyl sites for hydroxylation is 2. The largest absolute Gasteiger partial charge is 0.489 e. The van der Waals surface area contributed by atoms with Crippen LogP contribution in [0.3, 0.4) is 0 Å². The standard InChI is InChI=1S/C31H36F6O5/c1-6-28(7-2,24-10-12-26(21(4)17-24)40-18-25-11-13-27(38)42-25)23-9-8-22(20(3)16-23)14-15-29(30(32,33)34,31(35,36)37)41-19-39-5/h8-10,12,14-17,25H,6-7,11,13,18-19H2,1-5H3/t25-/m0/s1. The molecule has 0 bridgehead atoms. The second kappa shape index (κ2) is 13.1. The van der Waals surface area contributed by atoms with E-state index in [-0.39, 0.29) is 30.3 Å². The van der Waals surface area contributed by atoms with E-state index in [0.29, 0.717) is 37.0 Å². The molecule has 0 saturated carbocycles. The van der Waals surface area contributed by atoms with Crippen molar-refractivity contribution in [2.45, 2.75) is 82.9 Å². The van der Waals surface area contributed by atoms with Gasteiger partial charge in [0.2, 0.25) is 0 Å². The van der Waals surface area contributed by atoms with E-state index in [2.05, 4.69) is 9.47 Å². The molecule has 0 N–H and O–H groups in total. The van der Waals surface area contributed by atoms with Crippen LogP contribution in [0.1, 0.15) is 67.3 Å². The number of benzene rings is 2. The number of methoxy groups -OCH3 is 1. The maximum Gasteiger partial charge on any atom is 0.430 e. The van der Waals surface area contributed by atoms with Crippen molar-refractivity contribution in [3.8, 4) is 5.75 Å². The summed E-state index contributed by atoms with van der Waals surface area (Å²) < 4.78 is 102. The van der Waals surface area contributed by atoms with Crippen molar-refractivity contribution in [2.24, 2.45) is 0 Å². The van der Waals surface area contributed by atoms with Crippen LogP contribution in [0.2, 0.25) is 0 Å². The molecule has 11 heteroatoms. The van der Waals surface area contributed by atoms with Crippen molar-refractivity contribution >= 4 is 12.0 Å². The van der Waals surface area contributed by atoms with Crippen LogP contribution < -0.4 is 4.74 Å². The molecule has 42 heavy (non-hydrogen) atoms. The van der Waals surface area contributed by atoms with Crippen LogP contribution in [0, 0.1) is 13.8 Å². The lowest BCUT2D eigenvalue weighted by Crippen LogP contribution is -2.57. The van der Waals surface area contributed by atoms with Crippen molar-refractivity contribution in [1.82, 2.24) is 0 Å². The number of rotatable bonds is 12. The minimum atomic E-state index is -5.77. The highest BCUT2D eigenvalue weighted by Gasteiger charge is 2.71. The second-order valence-electron chi connectivity index (χ2n) is 10.4. The fourth-order valence-electron chi connectivity index (χ4n) is 5.31. The lowest BCUT2D eigenvalue weighted by molar-refractivity contribution is -0.372. The van der Waals surface area contributed by atoms with Gasteiger partial charge in [-0.2, -0.15) is 26.3 Å². The van der Waals surface area contributed by atoms with Crippen molar-refractivity contribution in [1.29, 1.82) is 0 Å². The fourth-order valence-corrected chi connectivity index (χ4v) is 5.31. The third kappa shape index (κ3) is 6.78. The predicted molar refractivity (Wildman–Crippen MR) is 145 cm³/mol. The second-order valence-corrected chi connectivity index (χ2v) is 10.4. The Hall–Kier alpha value is -3.05. The van der Waals surface area contributed by atoms with Crippen molar-refractivity contribution in [3.05, 3.63) is 70.3 Å². The molecule has 2 aromatic carbocycles. The zero-order valence-corrected chi connectivity index (χ0v) is 24.2. The number of cyclic esters (lactones) is 1. The van der Waals surface area contributed by atoms with E-state index in [1.54, 1.807) is 19.1 Å². The summed E-state index contributed by atoms with van der Waals surface area (Å²) in [7, 11) is 0.939. The minimum absolute atomic E-state index is 0.00444. The van der Waals surface area contributed by atoms with E-state index in [9.17, 15) is 31.1 Å². The fraction of sp³-hybridized carbons (Fsp3) is 0.516. The van der Waals surface area contributed by atoms with Gasteiger partial charge < -0.3 is 18.9 Å². The number of esters is 1. The molecular formula is C31H36F6O5. The summed E-state index contributed by atoms with van der Waals surface area (Å²) in [6.45, 7) is 6.65. The molecule has 1 aliphatic rings. The van der Waals surface area contributed by atoms with E-state index in [0.717, 1.165) is 29.9 Å². The van der Waals surface area contributed by atoms with E-state index in [1.165, 1.54) is 6.07 Å². The monoisotopic (exact) mass is 602 g/mol. The number of ether oxygens (including phenoxy) is 4. The van der Waals surface area contributed by atoms with Gasteiger partial charge in [-0.05, 0) is 73.1 Å². The molecule has 1 saturated heterocycles. The first-order chi connectivity index (χ1) is 19.6. The van der Waals surface area contributed by atoms with E-state index < -0.39 is 30.2 Å². The average Bonchev–Trinajstić information content (AvgIpc) is 3.33. The Balaban J connectivity index is 1.93. The Labute approximate surface area is 241 Å². The maximum absolute atomic E-state index is 13.7. The number of carbonyl (C=O) groups is 1. The molecule has 0 spiro atoms. The molecule has 232 valence electrons. The minimum Gasteiger partial charge on any atom is -0.489 e. The van der Waals surface area contributed by atoms with Gasteiger partial charge in [-0.25, -0.2) is 0 Å². The number of alkyl halides is 6. The van der Waals surface area contributed by atoms with Gasteiger partial charge in [-0.1, -0.05) is 50.3 Å². The van der Waals surface area contributed by atoms with E-state index in [4.69, 9.17) is 9.47 Å². The van der Waals surface area contributed by atoms with Gasteiger partial charge in [0.25, 0.3) is 5.60 Å². The lowest BCUT2D eigenvalue weighted by Gasteiger charge is -2.35. The Kier molecular flexibility index (Phi) is 10.4. The average molecular weight is 603 g/mol. The SMILES string of the molecule is CCC(CC)(c1ccc(C=CC(OCOC)(C(F)(F)F)C(F)(F)F)c(C)c1)c1ccc(OC[C@@H]2CCC(=O)O2)c(C)c1. The third-order valence-corrected chi connectivity index (χ3v) is 7.89. The quantitative estimate of drug-likeness (QED) is 0.140. The van der Waals surface area contributed by atoms with Gasteiger partial charge in [-0.15, -0.1) is 0 Å². The summed E-state index contributed by atoms with van der Waals surface area (Å²) in [5.41, 5.74) is -1.56. The molecule has 0 aliphatic carbocycles. The molecule has 0 unspecified atom stereocenters. The van der Waals surface area contributed by atoms with Crippen molar-refractivity contribution in [2.75, 3.05) is 20.5 Å².